The van der Waals surface area contributed by atoms with Crippen molar-refractivity contribution >= 4 is 17.5 Å². The highest BCUT2D eigenvalue weighted by atomic mass is 16.3. The molecular weight excluding hydrogens is 258 g/mol. The molecule has 0 aliphatic carbocycles. The van der Waals surface area contributed by atoms with Crippen LogP contribution >= 0.6 is 0 Å². The molecule has 0 atom stereocenters. The number of nitrogens with one attached hydrogen (secondary N) is 2. The molecule has 0 aromatic heterocycles. The van der Waals surface area contributed by atoms with E-state index in [9.17, 15) is 14.7 Å². The van der Waals surface area contributed by atoms with Crippen LogP contribution in [0.3, 0.4) is 0 Å². The molecule has 0 spiro atoms. The number of aryl methyl sites for hydroxylation is 1. The van der Waals surface area contributed by atoms with E-state index in [1.54, 1.807) is 13.0 Å². The van der Waals surface area contributed by atoms with E-state index in [1.165, 1.54) is 12.1 Å². The van der Waals surface area contributed by atoms with E-state index in [2.05, 4.69) is 10.6 Å². The Morgan fingerprint density at radius 1 is 1.25 bits per heavy atom. The first-order valence-corrected chi connectivity index (χ1v) is 6.43. The molecule has 0 fully saturated rings. The molecule has 3 N–H and O–H groups in total. The maximum atomic E-state index is 11.7. The van der Waals surface area contributed by atoms with Gasteiger partial charge in [0.15, 0.2) is 0 Å². The molecule has 0 saturated carbocycles. The van der Waals surface area contributed by atoms with Crippen molar-refractivity contribution in [1.29, 1.82) is 0 Å². The minimum Gasteiger partial charge on any atom is -0.508 e. The maximum absolute atomic E-state index is 11.7. The number of hydrogen-bond acceptors (Lipinski definition) is 4. The lowest BCUT2D eigenvalue weighted by Crippen LogP contribution is -2.36. The summed E-state index contributed by atoms with van der Waals surface area (Å²) in [6.07, 6.45) is 0.782. The average Bonchev–Trinajstić information content (AvgIpc) is 2.37. The first kappa shape index (κ1) is 16.0. The van der Waals surface area contributed by atoms with Crippen molar-refractivity contribution in [2.75, 3.05) is 32.5 Å². The van der Waals surface area contributed by atoms with Gasteiger partial charge in [0.25, 0.3) is 0 Å². The van der Waals surface area contributed by atoms with Gasteiger partial charge in [-0.15, -0.1) is 0 Å². The maximum Gasteiger partial charge on any atom is 0.313 e. The summed E-state index contributed by atoms with van der Waals surface area (Å²) < 4.78 is 0. The van der Waals surface area contributed by atoms with Crippen molar-refractivity contribution in [3.63, 3.8) is 0 Å². The third-order valence-corrected chi connectivity index (χ3v) is 2.73. The Morgan fingerprint density at radius 3 is 2.55 bits per heavy atom. The lowest BCUT2D eigenvalue weighted by atomic mass is 10.2. The number of nitrogens with zero attached hydrogens (tertiary/aromatic N) is 1. The van der Waals surface area contributed by atoms with Crippen LogP contribution in [0.1, 0.15) is 12.0 Å². The molecule has 0 aliphatic heterocycles. The third-order valence-electron chi connectivity index (χ3n) is 2.73. The number of aromatic hydroxyl groups is 1. The van der Waals surface area contributed by atoms with Crippen LogP contribution in [-0.4, -0.2) is 49.0 Å². The van der Waals surface area contributed by atoms with Gasteiger partial charge < -0.3 is 20.6 Å². The number of rotatable bonds is 5. The molecule has 1 rings (SSSR count). The zero-order valence-corrected chi connectivity index (χ0v) is 12.1. The molecule has 6 heteroatoms. The van der Waals surface area contributed by atoms with Gasteiger partial charge in [0, 0.05) is 12.2 Å². The lowest BCUT2D eigenvalue weighted by molar-refractivity contribution is -0.136. The van der Waals surface area contributed by atoms with Gasteiger partial charge in [0.1, 0.15) is 5.75 Å². The number of anilines is 1. The summed E-state index contributed by atoms with van der Waals surface area (Å²) in [5.74, 6) is -1.24. The van der Waals surface area contributed by atoms with Gasteiger partial charge in [-0.3, -0.25) is 9.59 Å². The quantitative estimate of drug-likeness (QED) is 0.421. The van der Waals surface area contributed by atoms with Crippen LogP contribution in [-0.2, 0) is 9.59 Å². The number of carbonyl (C=O) groups excluding carboxylic acids is 2. The summed E-state index contributed by atoms with van der Waals surface area (Å²) in [4.78, 5) is 25.3. The van der Waals surface area contributed by atoms with E-state index in [1.807, 2.05) is 19.0 Å². The topological polar surface area (TPSA) is 81.7 Å². The molecular formula is C14H21N3O3. The number of phenols is 1. The van der Waals surface area contributed by atoms with Crippen molar-refractivity contribution in [2.45, 2.75) is 13.3 Å². The van der Waals surface area contributed by atoms with Crippen molar-refractivity contribution in [3.05, 3.63) is 23.8 Å². The molecule has 6 nitrogen and oxygen atoms in total. The normalized spacial score (nSPS) is 10.4. The van der Waals surface area contributed by atoms with Gasteiger partial charge in [-0.25, -0.2) is 0 Å². The highest BCUT2D eigenvalue weighted by Crippen LogP contribution is 2.19. The Hall–Kier alpha value is -2.08. The molecule has 20 heavy (non-hydrogen) atoms. The van der Waals surface area contributed by atoms with Crippen LogP contribution in [0.4, 0.5) is 5.69 Å². The minimum atomic E-state index is -0.705. The first-order chi connectivity index (χ1) is 9.40. The number of benzene rings is 1. The van der Waals surface area contributed by atoms with Crippen molar-refractivity contribution in [3.8, 4) is 5.75 Å². The third kappa shape index (κ3) is 5.27. The summed E-state index contributed by atoms with van der Waals surface area (Å²) in [6.45, 7) is 3.04. The van der Waals surface area contributed by atoms with Crippen LogP contribution in [0.25, 0.3) is 0 Å². The molecule has 0 heterocycles. The molecule has 110 valence electrons. The molecule has 0 unspecified atom stereocenters. The SMILES string of the molecule is Cc1cc(O)ccc1NC(=O)C(=O)NCCCN(C)C. The lowest BCUT2D eigenvalue weighted by Gasteiger charge is -2.11. The molecule has 0 aliphatic rings. The van der Waals surface area contributed by atoms with Gasteiger partial charge in [-0.1, -0.05) is 0 Å². The smallest absolute Gasteiger partial charge is 0.313 e. The second-order valence-corrected chi connectivity index (χ2v) is 4.87. The standard InChI is InChI=1S/C14H21N3O3/c1-10-9-11(18)5-6-12(10)16-14(20)13(19)15-7-4-8-17(2)3/h5-6,9,18H,4,7-8H2,1-3H3,(H,15,19)(H,16,20). The van der Waals surface area contributed by atoms with E-state index in [4.69, 9.17) is 0 Å². The fourth-order valence-electron chi connectivity index (χ4n) is 1.64. The Bertz CT molecular complexity index is 487. The van der Waals surface area contributed by atoms with E-state index < -0.39 is 11.8 Å². The van der Waals surface area contributed by atoms with Crippen LogP contribution < -0.4 is 10.6 Å². The minimum absolute atomic E-state index is 0.119. The van der Waals surface area contributed by atoms with Gasteiger partial charge in [-0.05, 0) is 57.7 Å². The van der Waals surface area contributed by atoms with E-state index >= 15 is 0 Å². The number of hydrogen-bond donors (Lipinski definition) is 3. The molecule has 2 amide bonds. The fraction of sp³-hybridized carbons (Fsp3) is 0.429. The molecule has 0 saturated heterocycles. The average molecular weight is 279 g/mol. The Labute approximate surface area is 118 Å². The zero-order chi connectivity index (χ0) is 15.1. The number of phenolic OH excluding ortho intramolecular Hbond substituents is 1. The highest BCUT2D eigenvalue weighted by Gasteiger charge is 2.14. The van der Waals surface area contributed by atoms with Gasteiger partial charge in [0.2, 0.25) is 0 Å². The molecule has 1 aromatic rings. The first-order valence-electron chi connectivity index (χ1n) is 6.43. The van der Waals surface area contributed by atoms with E-state index in [0.717, 1.165) is 13.0 Å². The fourth-order valence-corrected chi connectivity index (χ4v) is 1.64. The van der Waals surface area contributed by atoms with Crippen LogP contribution in [0.15, 0.2) is 18.2 Å². The Kier molecular flexibility index (Phi) is 5.99. The second kappa shape index (κ2) is 7.49. The van der Waals surface area contributed by atoms with E-state index in [-0.39, 0.29) is 5.75 Å². The van der Waals surface area contributed by atoms with Gasteiger partial charge in [-0.2, -0.15) is 0 Å². The van der Waals surface area contributed by atoms with Gasteiger partial charge >= 0.3 is 11.8 Å². The Balaban J connectivity index is 2.43. The summed E-state index contributed by atoms with van der Waals surface area (Å²) in [6, 6.07) is 4.53. The van der Waals surface area contributed by atoms with Crippen LogP contribution in [0.2, 0.25) is 0 Å². The highest BCUT2D eigenvalue weighted by molar-refractivity contribution is 6.39. The summed E-state index contributed by atoms with van der Waals surface area (Å²) in [7, 11) is 3.89. The van der Waals surface area contributed by atoms with Gasteiger partial charge in [0.05, 0.1) is 0 Å². The van der Waals surface area contributed by atoms with Crippen molar-refractivity contribution < 1.29 is 14.7 Å². The van der Waals surface area contributed by atoms with Crippen LogP contribution in [0.5, 0.6) is 5.75 Å². The largest absolute Gasteiger partial charge is 0.508 e. The predicted molar refractivity (Wildman–Crippen MR) is 77.7 cm³/mol. The second-order valence-electron chi connectivity index (χ2n) is 4.87. The number of carbonyl (C=O) groups is 2. The predicted octanol–water partition coefficient (Wildman–Crippen LogP) is 0.707. The monoisotopic (exact) mass is 279 g/mol. The Morgan fingerprint density at radius 2 is 1.95 bits per heavy atom. The summed E-state index contributed by atoms with van der Waals surface area (Å²) >= 11 is 0. The number of amides is 2. The molecule has 0 radical (unpaired) electrons. The molecule has 0 bridgehead atoms. The summed E-state index contributed by atoms with van der Waals surface area (Å²) in [5.41, 5.74) is 1.20. The summed E-state index contributed by atoms with van der Waals surface area (Å²) in [5, 5.41) is 14.3. The molecule has 1 aromatic carbocycles. The van der Waals surface area contributed by atoms with Crippen molar-refractivity contribution in [2.24, 2.45) is 0 Å². The van der Waals surface area contributed by atoms with Crippen molar-refractivity contribution in [1.82, 2.24) is 10.2 Å². The van der Waals surface area contributed by atoms with Crippen LogP contribution in [0, 0.1) is 6.92 Å². The van der Waals surface area contributed by atoms with E-state index in [0.29, 0.717) is 17.8 Å². The zero-order valence-electron chi connectivity index (χ0n) is 12.1.